The summed E-state index contributed by atoms with van der Waals surface area (Å²) in [5, 5.41) is 0.930. The van der Waals surface area contributed by atoms with Gasteiger partial charge in [0.25, 0.3) is 0 Å². The first-order valence-corrected chi connectivity index (χ1v) is 8.07. The highest BCUT2D eigenvalue weighted by molar-refractivity contribution is 9.08. The van der Waals surface area contributed by atoms with Gasteiger partial charge in [0, 0.05) is 24.1 Å². The molecule has 90 valence electrons. The van der Waals surface area contributed by atoms with Crippen molar-refractivity contribution in [2.45, 2.75) is 24.7 Å². The number of rotatable bonds is 6. The van der Waals surface area contributed by atoms with Gasteiger partial charge in [-0.2, -0.15) is 11.8 Å². The first-order valence-electron chi connectivity index (χ1n) is 5.55. The summed E-state index contributed by atoms with van der Waals surface area (Å²) in [4.78, 5) is 2.36. The molecular formula is C13H20BrNS. The Morgan fingerprint density at radius 2 is 1.94 bits per heavy atom. The van der Waals surface area contributed by atoms with Crippen LogP contribution in [0.15, 0.2) is 24.3 Å². The third kappa shape index (κ3) is 4.02. The third-order valence-corrected chi connectivity index (χ3v) is 4.19. The van der Waals surface area contributed by atoms with Gasteiger partial charge in [0.1, 0.15) is 0 Å². The van der Waals surface area contributed by atoms with Crippen molar-refractivity contribution in [1.29, 1.82) is 0 Å². The van der Waals surface area contributed by atoms with Crippen LogP contribution in [0.3, 0.4) is 0 Å². The van der Waals surface area contributed by atoms with Gasteiger partial charge in [0.2, 0.25) is 0 Å². The topological polar surface area (TPSA) is 3.24 Å². The van der Waals surface area contributed by atoms with Crippen LogP contribution in [0.4, 0.5) is 5.69 Å². The molecule has 0 saturated carbocycles. The summed E-state index contributed by atoms with van der Waals surface area (Å²) in [5.41, 5.74) is 2.63. The van der Waals surface area contributed by atoms with E-state index < -0.39 is 0 Å². The van der Waals surface area contributed by atoms with Crippen LogP contribution in [0.25, 0.3) is 0 Å². The van der Waals surface area contributed by atoms with E-state index in [-0.39, 0.29) is 0 Å². The molecule has 0 fully saturated rings. The van der Waals surface area contributed by atoms with E-state index in [1.54, 1.807) is 0 Å². The van der Waals surface area contributed by atoms with Crippen LogP contribution < -0.4 is 4.90 Å². The fraction of sp³-hybridized carbons (Fsp3) is 0.538. The van der Waals surface area contributed by atoms with Crippen molar-refractivity contribution in [2.75, 3.05) is 24.0 Å². The lowest BCUT2D eigenvalue weighted by Crippen LogP contribution is -2.29. The Labute approximate surface area is 112 Å². The molecule has 0 spiro atoms. The number of anilines is 1. The first kappa shape index (κ1) is 13.9. The van der Waals surface area contributed by atoms with Crippen LogP contribution in [0, 0.1) is 0 Å². The normalized spacial score (nSPS) is 12.5. The molecule has 0 N–H and O–H groups in total. The van der Waals surface area contributed by atoms with Gasteiger partial charge in [-0.05, 0) is 43.0 Å². The van der Waals surface area contributed by atoms with Crippen LogP contribution in [0.5, 0.6) is 0 Å². The predicted molar refractivity (Wildman–Crippen MR) is 79.9 cm³/mol. The van der Waals surface area contributed by atoms with Crippen molar-refractivity contribution >= 4 is 33.4 Å². The highest BCUT2D eigenvalue weighted by Gasteiger charge is 2.09. The average molecular weight is 302 g/mol. The number of benzene rings is 1. The van der Waals surface area contributed by atoms with Gasteiger partial charge in [-0.25, -0.2) is 0 Å². The van der Waals surface area contributed by atoms with Crippen molar-refractivity contribution in [1.82, 2.24) is 0 Å². The Morgan fingerprint density at radius 1 is 1.31 bits per heavy atom. The van der Waals surface area contributed by atoms with Crippen molar-refractivity contribution in [2.24, 2.45) is 0 Å². The predicted octanol–water partition coefficient (Wildman–Crippen LogP) is 4.16. The van der Waals surface area contributed by atoms with E-state index in [9.17, 15) is 0 Å². The largest absolute Gasteiger partial charge is 0.372 e. The SMILES string of the molecule is CSCCC(C)N(C)c1ccc(CBr)cc1. The molecule has 0 aromatic heterocycles. The summed E-state index contributed by atoms with van der Waals surface area (Å²) in [6, 6.07) is 9.37. The second-order valence-electron chi connectivity index (χ2n) is 4.04. The Hall–Kier alpha value is -0.150. The fourth-order valence-corrected chi connectivity index (χ4v) is 2.51. The highest BCUT2D eigenvalue weighted by Crippen LogP contribution is 2.19. The van der Waals surface area contributed by atoms with Crippen molar-refractivity contribution < 1.29 is 0 Å². The summed E-state index contributed by atoms with van der Waals surface area (Å²) in [5.74, 6) is 1.23. The number of thioether (sulfide) groups is 1. The Kier molecular flexibility index (Phi) is 6.29. The van der Waals surface area contributed by atoms with Gasteiger partial charge in [-0.1, -0.05) is 28.1 Å². The molecule has 1 nitrogen and oxygen atoms in total. The third-order valence-electron chi connectivity index (χ3n) is 2.90. The van der Waals surface area contributed by atoms with E-state index in [2.05, 4.69) is 65.3 Å². The molecule has 0 radical (unpaired) electrons. The number of alkyl halides is 1. The van der Waals surface area contributed by atoms with Crippen molar-refractivity contribution in [3.05, 3.63) is 29.8 Å². The zero-order valence-corrected chi connectivity index (χ0v) is 12.6. The maximum absolute atomic E-state index is 3.47. The molecule has 0 amide bonds. The molecule has 0 heterocycles. The van der Waals surface area contributed by atoms with Crippen molar-refractivity contribution in [3.8, 4) is 0 Å². The summed E-state index contributed by atoms with van der Waals surface area (Å²) < 4.78 is 0. The maximum atomic E-state index is 3.47. The van der Waals surface area contributed by atoms with Crippen LogP contribution in [-0.4, -0.2) is 25.1 Å². The van der Waals surface area contributed by atoms with Crippen LogP contribution >= 0.6 is 27.7 Å². The van der Waals surface area contributed by atoms with E-state index >= 15 is 0 Å². The van der Waals surface area contributed by atoms with E-state index in [0.29, 0.717) is 6.04 Å². The molecule has 0 saturated heterocycles. The summed E-state index contributed by atoms with van der Waals surface area (Å²) in [7, 11) is 2.17. The van der Waals surface area contributed by atoms with E-state index in [1.807, 2.05) is 11.8 Å². The van der Waals surface area contributed by atoms with E-state index in [0.717, 1.165) is 5.33 Å². The van der Waals surface area contributed by atoms with Gasteiger partial charge in [-0.3, -0.25) is 0 Å². The van der Waals surface area contributed by atoms with Crippen LogP contribution in [-0.2, 0) is 5.33 Å². The lowest BCUT2D eigenvalue weighted by Gasteiger charge is -2.27. The molecule has 0 aliphatic heterocycles. The Morgan fingerprint density at radius 3 is 2.44 bits per heavy atom. The molecule has 0 bridgehead atoms. The molecule has 1 aromatic carbocycles. The fourth-order valence-electron chi connectivity index (χ4n) is 1.56. The van der Waals surface area contributed by atoms with E-state index in [1.165, 1.54) is 23.4 Å². The lowest BCUT2D eigenvalue weighted by molar-refractivity contribution is 0.669. The molecule has 1 atom stereocenters. The van der Waals surface area contributed by atoms with Gasteiger partial charge in [0.15, 0.2) is 0 Å². The quantitative estimate of drug-likeness (QED) is 0.726. The number of hydrogen-bond acceptors (Lipinski definition) is 2. The average Bonchev–Trinajstić information content (AvgIpc) is 2.35. The minimum atomic E-state index is 0.599. The zero-order chi connectivity index (χ0) is 12.0. The number of halogens is 1. The second-order valence-corrected chi connectivity index (χ2v) is 5.59. The van der Waals surface area contributed by atoms with Gasteiger partial charge in [-0.15, -0.1) is 0 Å². The molecule has 16 heavy (non-hydrogen) atoms. The van der Waals surface area contributed by atoms with Crippen LogP contribution in [0.2, 0.25) is 0 Å². The Bertz CT molecular complexity index is 299. The smallest absolute Gasteiger partial charge is 0.0366 e. The van der Waals surface area contributed by atoms with Crippen LogP contribution in [0.1, 0.15) is 18.9 Å². The molecule has 0 aliphatic rings. The molecule has 1 unspecified atom stereocenters. The summed E-state index contributed by atoms with van der Waals surface area (Å²) in [6.07, 6.45) is 3.40. The molecule has 0 aliphatic carbocycles. The van der Waals surface area contributed by atoms with Gasteiger partial charge in [0.05, 0.1) is 0 Å². The highest BCUT2D eigenvalue weighted by atomic mass is 79.9. The van der Waals surface area contributed by atoms with E-state index in [4.69, 9.17) is 0 Å². The summed E-state index contributed by atoms with van der Waals surface area (Å²) in [6.45, 7) is 2.29. The maximum Gasteiger partial charge on any atom is 0.0366 e. The number of nitrogens with zero attached hydrogens (tertiary/aromatic N) is 1. The van der Waals surface area contributed by atoms with Gasteiger partial charge >= 0.3 is 0 Å². The first-order chi connectivity index (χ1) is 7.69. The molecular weight excluding hydrogens is 282 g/mol. The minimum absolute atomic E-state index is 0.599. The molecule has 1 aromatic rings. The molecule has 3 heteroatoms. The lowest BCUT2D eigenvalue weighted by atomic mass is 10.1. The standard InChI is InChI=1S/C13H20BrNS/c1-11(8-9-16-3)15(2)13-6-4-12(10-14)5-7-13/h4-7,11H,8-10H2,1-3H3. The number of hydrogen-bond donors (Lipinski definition) is 0. The monoisotopic (exact) mass is 301 g/mol. The second kappa shape index (κ2) is 7.23. The summed E-state index contributed by atoms with van der Waals surface area (Å²) >= 11 is 5.38. The Balaban J connectivity index is 2.60. The van der Waals surface area contributed by atoms with Crippen molar-refractivity contribution in [3.63, 3.8) is 0 Å². The molecule has 1 rings (SSSR count). The van der Waals surface area contributed by atoms with Gasteiger partial charge < -0.3 is 4.90 Å². The zero-order valence-electron chi connectivity index (χ0n) is 10.2. The minimum Gasteiger partial charge on any atom is -0.372 e.